The lowest BCUT2D eigenvalue weighted by Crippen LogP contribution is -2.33. The van der Waals surface area contributed by atoms with E-state index in [9.17, 15) is 4.79 Å². The molecule has 0 spiro atoms. The molecule has 0 aliphatic carbocycles. The molecule has 0 saturated heterocycles. The van der Waals surface area contributed by atoms with Crippen LogP contribution in [0.4, 0.5) is 0 Å². The van der Waals surface area contributed by atoms with E-state index in [1.807, 2.05) is 39.1 Å². The van der Waals surface area contributed by atoms with Crippen LogP contribution in [0.2, 0.25) is 0 Å². The molecule has 0 bridgehead atoms. The zero-order chi connectivity index (χ0) is 19.0. The van der Waals surface area contributed by atoms with E-state index in [1.165, 1.54) is 11.9 Å². The van der Waals surface area contributed by atoms with Crippen molar-refractivity contribution < 1.29 is 4.79 Å². The number of nitrogens with one attached hydrogen (secondary N) is 1. The Morgan fingerprint density at radius 1 is 1.19 bits per heavy atom. The Hall–Kier alpha value is -2.76. The first-order valence-corrected chi connectivity index (χ1v) is 8.82. The number of benzene rings is 1. The number of amides is 1. The van der Waals surface area contributed by atoms with Gasteiger partial charge in [-0.05, 0) is 43.9 Å². The van der Waals surface area contributed by atoms with Gasteiger partial charge in [-0.25, -0.2) is 4.98 Å². The van der Waals surface area contributed by atoms with E-state index in [0.29, 0.717) is 5.56 Å². The van der Waals surface area contributed by atoms with Gasteiger partial charge in [0.05, 0.1) is 17.1 Å². The normalized spacial score (nSPS) is 12.6. The summed E-state index contributed by atoms with van der Waals surface area (Å²) in [4.78, 5) is 22.1. The molecule has 1 N–H and O–H groups in total. The molecule has 0 fully saturated rings. The molecular weight excluding hydrogens is 326 g/mol. The summed E-state index contributed by atoms with van der Waals surface area (Å²) in [6.45, 7) is 10.1. The number of aromatic nitrogens is 4. The third kappa shape index (κ3) is 3.19. The number of nitrogens with zero attached hydrogens (tertiary/aromatic N) is 4. The first kappa shape index (κ1) is 18.0. The molecule has 2 heterocycles. The third-order valence-corrected chi connectivity index (χ3v) is 4.86. The van der Waals surface area contributed by atoms with Gasteiger partial charge in [-0.15, -0.1) is 0 Å². The number of fused-ring (bicyclic) bond motifs is 1. The van der Waals surface area contributed by atoms with Crippen molar-refractivity contribution in [2.75, 3.05) is 0 Å². The summed E-state index contributed by atoms with van der Waals surface area (Å²) in [5.41, 5.74) is 4.63. The predicted octanol–water partition coefficient (Wildman–Crippen LogP) is 3.42. The van der Waals surface area contributed by atoms with Crippen molar-refractivity contribution in [3.05, 3.63) is 52.7 Å². The Morgan fingerprint density at radius 3 is 2.54 bits per heavy atom. The Kier molecular flexibility index (Phi) is 4.76. The fourth-order valence-corrected chi connectivity index (χ4v) is 3.18. The summed E-state index contributed by atoms with van der Waals surface area (Å²) in [7, 11) is 1.84. The molecule has 0 aliphatic heterocycles. The molecule has 136 valence electrons. The van der Waals surface area contributed by atoms with Crippen LogP contribution in [0.1, 0.15) is 52.9 Å². The van der Waals surface area contributed by atoms with E-state index >= 15 is 0 Å². The number of hydrogen-bond donors (Lipinski definition) is 1. The van der Waals surface area contributed by atoms with Crippen LogP contribution >= 0.6 is 0 Å². The standard InChI is InChI=1S/C20H25N5O/c1-11(2)17(19-21-10-22-25(19)6)24-20(26)16-9-13(4)23-18-14(5)12(3)7-8-15(16)18/h7-11,17H,1-6H3,(H,24,26)/t17-/m0/s1. The van der Waals surface area contributed by atoms with Crippen LogP contribution in [0.5, 0.6) is 0 Å². The SMILES string of the molecule is Cc1cc(C(=O)N[C@H](c2ncnn2C)C(C)C)c2ccc(C)c(C)c2n1. The van der Waals surface area contributed by atoms with E-state index in [4.69, 9.17) is 0 Å². The Morgan fingerprint density at radius 2 is 1.92 bits per heavy atom. The van der Waals surface area contributed by atoms with Crippen molar-refractivity contribution >= 4 is 16.8 Å². The van der Waals surface area contributed by atoms with Gasteiger partial charge in [0.1, 0.15) is 12.2 Å². The Balaban J connectivity index is 2.05. The van der Waals surface area contributed by atoms with Crippen molar-refractivity contribution in [3.63, 3.8) is 0 Å². The molecule has 0 aliphatic rings. The van der Waals surface area contributed by atoms with E-state index in [1.54, 1.807) is 4.68 Å². The van der Waals surface area contributed by atoms with Crippen molar-refractivity contribution in [2.24, 2.45) is 13.0 Å². The van der Waals surface area contributed by atoms with Gasteiger partial charge in [-0.3, -0.25) is 14.5 Å². The minimum Gasteiger partial charge on any atom is -0.342 e. The average Bonchev–Trinajstić information content (AvgIpc) is 3.01. The number of carbonyl (C=O) groups excluding carboxylic acids is 1. The summed E-state index contributed by atoms with van der Waals surface area (Å²) >= 11 is 0. The molecule has 6 nitrogen and oxygen atoms in total. The van der Waals surface area contributed by atoms with E-state index in [0.717, 1.165) is 28.0 Å². The lowest BCUT2D eigenvalue weighted by Gasteiger charge is -2.22. The maximum absolute atomic E-state index is 13.1. The van der Waals surface area contributed by atoms with Gasteiger partial charge in [0.25, 0.3) is 5.91 Å². The highest BCUT2D eigenvalue weighted by Crippen LogP contribution is 2.25. The van der Waals surface area contributed by atoms with Crippen molar-refractivity contribution in [1.82, 2.24) is 25.1 Å². The maximum Gasteiger partial charge on any atom is 0.252 e. The second-order valence-electron chi connectivity index (χ2n) is 7.15. The molecule has 1 aromatic carbocycles. The van der Waals surface area contributed by atoms with Crippen LogP contribution in [0.3, 0.4) is 0 Å². The second-order valence-corrected chi connectivity index (χ2v) is 7.15. The lowest BCUT2D eigenvalue weighted by atomic mass is 9.99. The highest BCUT2D eigenvalue weighted by Gasteiger charge is 2.24. The summed E-state index contributed by atoms with van der Waals surface area (Å²) in [6.07, 6.45) is 1.51. The highest BCUT2D eigenvalue weighted by atomic mass is 16.1. The fourth-order valence-electron chi connectivity index (χ4n) is 3.18. The minimum absolute atomic E-state index is 0.120. The summed E-state index contributed by atoms with van der Waals surface area (Å²) < 4.78 is 1.70. The van der Waals surface area contributed by atoms with Crippen molar-refractivity contribution in [3.8, 4) is 0 Å². The number of rotatable bonds is 4. The van der Waals surface area contributed by atoms with E-state index in [2.05, 4.69) is 41.2 Å². The summed E-state index contributed by atoms with van der Waals surface area (Å²) in [6, 6.07) is 5.64. The van der Waals surface area contributed by atoms with Crippen LogP contribution in [-0.4, -0.2) is 25.7 Å². The molecule has 3 rings (SSSR count). The molecule has 3 aromatic rings. The Labute approximate surface area is 153 Å². The Bertz CT molecular complexity index is 974. The molecule has 0 radical (unpaired) electrons. The molecule has 26 heavy (non-hydrogen) atoms. The third-order valence-electron chi connectivity index (χ3n) is 4.86. The molecule has 6 heteroatoms. The maximum atomic E-state index is 13.1. The molecule has 1 atom stereocenters. The average molecular weight is 351 g/mol. The quantitative estimate of drug-likeness (QED) is 0.782. The zero-order valence-corrected chi connectivity index (χ0v) is 16.2. The zero-order valence-electron chi connectivity index (χ0n) is 16.2. The lowest BCUT2D eigenvalue weighted by molar-refractivity contribution is 0.0923. The number of carbonyl (C=O) groups is 1. The molecule has 0 unspecified atom stereocenters. The fraction of sp³-hybridized carbons (Fsp3) is 0.400. The van der Waals surface area contributed by atoms with Crippen molar-refractivity contribution in [1.29, 1.82) is 0 Å². The van der Waals surface area contributed by atoms with Crippen LogP contribution in [0, 0.1) is 26.7 Å². The predicted molar refractivity (Wildman–Crippen MR) is 102 cm³/mol. The van der Waals surface area contributed by atoms with Gasteiger partial charge in [-0.2, -0.15) is 5.10 Å². The number of aryl methyl sites for hydroxylation is 4. The number of pyridine rings is 1. The van der Waals surface area contributed by atoms with Crippen LogP contribution in [0.25, 0.3) is 10.9 Å². The second kappa shape index (κ2) is 6.86. The summed E-state index contributed by atoms with van der Waals surface area (Å²) in [5.74, 6) is 0.806. The van der Waals surface area contributed by atoms with Gasteiger partial charge in [0.2, 0.25) is 0 Å². The van der Waals surface area contributed by atoms with Crippen LogP contribution in [-0.2, 0) is 7.05 Å². The van der Waals surface area contributed by atoms with Gasteiger partial charge in [0, 0.05) is 18.1 Å². The first-order chi connectivity index (χ1) is 12.3. The summed E-state index contributed by atoms with van der Waals surface area (Å²) in [5, 5.41) is 8.14. The van der Waals surface area contributed by atoms with E-state index in [-0.39, 0.29) is 17.9 Å². The van der Waals surface area contributed by atoms with Gasteiger partial charge >= 0.3 is 0 Å². The molecule has 2 aromatic heterocycles. The van der Waals surface area contributed by atoms with Gasteiger partial charge in [0.15, 0.2) is 0 Å². The number of hydrogen-bond acceptors (Lipinski definition) is 4. The molecule has 0 saturated carbocycles. The first-order valence-electron chi connectivity index (χ1n) is 8.82. The highest BCUT2D eigenvalue weighted by molar-refractivity contribution is 6.07. The van der Waals surface area contributed by atoms with Crippen LogP contribution in [0.15, 0.2) is 24.5 Å². The van der Waals surface area contributed by atoms with Gasteiger partial charge < -0.3 is 5.32 Å². The molecular formula is C20H25N5O. The largest absolute Gasteiger partial charge is 0.342 e. The monoisotopic (exact) mass is 351 g/mol. The van der Waals surface area contributed by atoms with E-state index < -0.39 is 0 Å². The molecule has 1 amide bonds. The van der Waals surface area contributed by atoms with Crippen molar-refractivity contribution in [2.45, 2.75) is 40.7 Å². The topological polar surface area (TPSA) is 72.7 Å². The van der Waals surface area contributed by atoms with Crippen LogP contribution < -0.4 is 5.32 Å². The minimum atomic E-state index is -0.218. The smallest absolute Gasteiger partial charge is 0.252 e. The van der Waals surface area contributed by atoms with Gasteiger partial charge in [-0.1, -0.05) is 26.0 Å².